The summed E-state index contributed by atoms with van der Waals surface area (Å²) in [7, 11) is 0. The molecule has 0 aliphatic carbocycles. The van der Waals surface area contributed by atoms with E-state index in [1.165, 1.54) is 0 Å². The Morgan fingerprint density at radius 3 is 2.65 bits per heavy atom. The number of amides is 1. The number of hydrogen-bond acceptors (Lipinski definition) is 4. The molecule has 7 heteroatoms. The molecule has 0 unspecified atom stereocenters. The summed E-state index contributed by atoms with van der Waals surface area (Å²) in [5, 5.41) is 11.5. The van der Waals surface area contributed by atoms with Crippen molar-refractivity contribution in [2.24, 2.45) is 5.10 Å². The van der Waals surface area contributed by atoms with E-state index in [9.17, 15) is 4.79 Å². The van der Waals surface area contributed by atoms with Crippen LogP contribution in [-0.2, 0) is 6.61 Å². The molecule has 0 spiro atoms. The first-order chi connectivity index (χ1) is 15.2. The second kappa shape index (κ2) is 9.73. The van der Waals surface area contributed by atoms with E-state index in [1.807, 2.05) is 66.7 Å². The van der Waals surface area contributed by atoms with E-state index >= 15 is 0 Å². The van der Waals surface area contributed by atoms with Gasteiger partial charge in [-0.15, -0.1) is 0 Å². The van der Waals surface area contributed by atoms with Crippen molar-refractivity contribution >= 4 is 23.7 Å². The molecule has 4 rings (SSSR count). The van der Waals surface area contributed by atoms with Crippen LogP contribution >= 0.6 is 11.6 Å². The molecule has 1 heterocycles. The number of hydrazone groups is 1. The van der Waals surface area contributed by atoms with E-state index in [0.717, 1.165) is 22.4 Å². The molecule has 0 aliphatic rings. The summed E-state index contributed by atoms with van der Waals surface area (Å²) in [5.74, 6) is 0.334. The normalized spacial score (nSPS) is 10.9. The van der Waals surface area contributed by atoms with Crippen LogP contribution in [0.15, 0.2) is 90.0 Å². The van der Waals surface area contributed by atoms with Gasteiger partial charge in [-0.25, -0.2) is 5.43 Å². The van der Waals surface area contributed by atoms with Crippen molar-refractivity contribution in [1.82, 2.24) is 15.6 Å². The van der Waals surface area contributed by atoms with E-state index in [0.29, 0.717) is 23.0 Å². The van der Waals surface area contributed by atoms with Crippen LogP contribution in [-0.4, -0.2) is 22.3 Å². The lowest BCUT2D eigenvalue weighted by Crippen LogP contribution is -2.18. The first kappa shape index (κ1) is 20.4. The molecule has 1 amide bonds. The number of H-pyrrole nitrogens is 1. The van der Waals surface area contributed by atoms with Gasteiger partial charge in [0.2, 0.25) is 0 Å². The predicted molar refractivity (Wildman–Crippen MR) is 121 cm³/mol. The maximum atomic E-state index is 12.3. The molecule has 2 N–H and O–H groups in total. The quantitative estimate of drug-likeness (QED) is 0.317. The maximum absolute atomic E-state index is 12.3. The van der Waals surface area contributed by atoms with Gasteiger partial charge in [-0.3, -0.25) is 9.89 Å². The van der Waals surface area contributed by atoms with Gasteiger partial charge in [-0.05, 0) is 41.5 Å². The fourth-order valence-electron chi connectivity index (χ4n) is 2.86. The first-order valence-corrected chi connectivity index (χ1v) is 9.97. The van der Waals surface area contributed by atoms with Crippen LogP contribution in [0.5, 0.6) is 5.75 Å². The van der Waals surface area contributed by atoms with Gasteiger partial charge in [-0.2, -0.15) is 10.2 Å². The fourth-order valence-corrected chi connectivity index (χ4v) is 2.98. The molecule has 31 heavy (non-hydrogen) atoms. The van der Waals surface area contributed by atoms with Gasteiger partial charge in [0.05, 0.1) is 11.9 Å². The molecule has 6 nitrogen and oxygen atoms in total. The first-order valence-electron chi connectivity index (χ1n) is 9.59. The summed E-state index contributed by atoms with van der Waals surface area (Å²) in [5.41, 5.74) is 6.20. The highest BCUT2D eigenvalue weighted by atomic mass is 35.5. The molecule has 0 atom stereocenters. The molecule has 1 aromatic heterocycles. The number of benzene rings is 3. The second-order valence-electron chi connectivity index (χ2n) is 6.72. The zero-order valence-corrected chi connectivity index (χ0v) is 17.2. The third kappa shape index (κ3) is 5.58. The molecule has 0 bridgehead atoms. The van der Waals surface area contributed by atoms with Gasteiger partial charge in [0, 0.05) is 10.6 Å². The lowest BCUT2D eigenvalue weighted by molar-refractivity contribution is 0.0950. The highest BCUT2D eigenvalue weighted by molar-refractivity contribution is 6.30. The van der Waals surface area contributed by atoms with Crippen LogP contribution in [0, 0.1) is 0 Å². The standard InChI is InChI=1S/C24H19ClN4O2/c25-20-11-9-19(10-12-20)22-14-23(28-27-22)24(30)29-26-15-18-7-4-8-21(13-18)31-16-17-5-2-1-3-6-17/h1-15H,16H2,(H,27,28)(H,29,30). The molecule has 0 fully saturated rings. The van der Waals surface area contributed by atoms with E-state index in [2.05, 4.69) is 20.7 Å². The molecule has 0 saturated carbocycles. The Balaban J connectivity index is 1.34. The van der Waals surface area contributed by atoms with Crippen molar-refractivity contribution in [3.63, 3.8) is 0 Å². The number of nitrogens with zero attached hydrogens (tertiary/aromatic N) is 2. The summed E-state index contributed by atoms with van der Waals surface area (Å²) in [4.78, 5) is 12.3. The monoisotopic (exact) mass is 430 g/mol. The average Bonchev–Trinajstić information content (AvgIpc) is 3.30. The van der Waals surface area contributed by atoms with Gasteiger partial charge in [-0.1, -0.05) is 66.2 Å². The third-order valence-corrected chi connectivity index (χ3v) is 4.70. The molecule has 4 aromatic rings. The average molecular weight is 431 g/mol. The van der Waals surface area contributed by atoms with E-state index in [1.54, 1.807) is 24.4 Å². The smallest absolute Gasteiger partial charge is 0.289 e. The zero-order chi connectivity index (χ0) is 21.5. The van der Waals surface area contributed by atoms with Crippen molar-refractivity contribution in [1.29, 1.82) is 0 Å². The minimum Gasteiger partial charge on any atom is -0.489 e. The number of aromatic nitrogens is 2. The number of halogens is 1. The molecule has 0 saturated heterocycles. The molecule has 0 radical (unpaired) electrons. The fraction of sp³-hybridized carbons (Fsp3) is 0.0417. The molecular weight excluding hydrogens is 412 g/mol. The Hall–Kier alpha value is -3.90. The van der Waals surface area contributed by atoms with Gasteiger partial charge in [0.15, 0.2) is 0 Å². The van der Waals surface area contributed by atoms with Crippen molar-refractivity contribution < 1.29 is 9.53 Å². The number of hydrogen-bond donors (Lipinski definition) is 2. The van der Waals surface area contributed by atoms with Gasteiger partial charge in [0.1, 0.15) is 18.1 Å². The van der Waals surface area contributed by atoms with Crippen molar-refractivity contribution in [3.8, 4) is 17.0 Å². The van der Waals surface area contributed by atoms with Crippen molar-refractivity contribution in [2.75, 3.05) is 0 Å². The van der Waals surface area contributed by atoms with Crippen LogP contribution < -0.4 is 10.2 Å². The second-order valence-corrected chi connectivity index (χ2v) is 7.16. The van der Waals surface area contributed by atoms with Crippen LogP contribution in [0.4, 0.5) is 0 Å². The van der Waals surface area contributed by atoms with E-state index < -0.39 is 0 Å². The number of nitrogens with one attached hydrogen (secondary N) is 2. The van der Waals surface area contributed by atoms with Crippen LogP contribution in [0.3, 0.4) is 0 Å². The summed E-state index contributed by atoms with van der Waals surface area (Å²) >= 11 is 5.90. The lowest BCUT2D eigenvalue weighted by Gasteiger charge is -2.06. The largest absolute Gasteiger partial charge is 0.489 e. The maximum Gasteiger partial charge on any atom is 0.289 e. The number of carbonyl (C=O) groups is 1. The number of aromatic amines is 1. The topological polar surface area (TPSA) is 79.4 Å². The minimum atomic E-state index is -0.388. The Morgan fingerprint density at radius 1 is 1.03 bits per heavy atom. The van der Waals surface area contributed by atoms with Gasteiger partial charge in [0.25, 0.3) is 5.91 Å². The SMILES string of the molecule is O=C(NN=Cc1cccc(OCc2ccccc2)c1)c1cc(-c2ccc(Cl)cc2)n[nH]1. The van der Waals surface area contributed by atoms with Crippen molar-refractivity contribution in [2.45, 2.75) is 6.61 Å². The Bertz CT molecular complexity index is 1190. The highest BCUT2D eigenvalue weighted by Crippen LogP contribution is 2.20. The summed E-state index contributed by atoms with van der Waals surface area (Å²) in [6, 6.07) is 26.3. The van der Waals surface area contributed by atoms with Crippen LogP contribution in [0.1, 0.15) is 21.6 Å². The molecule has 154 valence electrons. The summed E-state index contributed by atoms with van der Waals surface area (Å²) < 4.78 is 5.81. The Morgan fingerprint density at radius 2 is 1.84 bits per heavy atom. The zero-order valence-electron chi connectivity index (χ0n) is 16.5. The van der Waals surface area contributed by atoms with Gasteiger partial charge < -0.3 is 4.74 Å². The van der Waals surface area contributed by atoms with E-state index in [-0.39, 0.29) is 5.91 Å². The Kier molecular flexibility index (Phi) is 6.40. The van der Waals surface area contributed by atoms with Crippen LogP contribution in [0.25, 0.3) is 11.3 Å². The predicted octanol–water partition coefficient (Wildman–Crippen LogP) is 5.07. The van der Waals surface area contributed by atoms with Crippen LogP contribution in [0.2, 0.25) is 5.02 Å². The van der Waals surface area contributed by atoms with Crippen molar-refractivity contribution in [3.05, 3.63) is 107 Å². The minimum absolute atomic E-state index is 0.307. The number of rotatable bonds is 7. The molecule has 3 aromatic carbocycles. The summed E-state index contributed by atoms with van der Waals surface area (Å²) in [6.07, 6.45) is 1.56. The van der Waals surface area contributed by atoms with E-state index in [4.69, 9.17) is 16.3 Å². The highest BCUT2D eigenvalue weighted by Gasteiger charge is 2.10. The van der Waals surface area contributed by atoms with Gasteiger partial charge >= 0.3 is 0 Å². The Labute approximate surface area is 184 Å². The third-order valence-electron chi connectivity index (χ3n) is 4.45. The number of ether oxygens (including phenoxy) is 1. The molecule has 0 aliphatic heterocycles. The molecular formula is C24H19ClN4O2. The number of carbonyl (C=O) groups excluding carboxylic acids is 1. The lowest BCUT2D eigenvalue weighted by atomic mass is 10.1. The summed E-state index contributed by atoms with van der Waals surface area (Å²) in [6.45, 7) is 0.480.